The Kier molecular flexibility index (Phi) is 6.07. The van der Waals surface area contributed by atoms with E-state index >= 15 is 0 Å². The zero-order valence-corrected chi connectivity index (χ0v) is 20.5. The molecule has 184 valence electrons. The predicted octanol–water partition coefficient (Wildman–Crippen LogP) is 3.51. The van der Waals surface area contributed by atoms with Crippen LogP contribution in [0.15, 0.2) is 71.6 Å². The molecule has 5 rings (SSSR count). The normalized spacial score (nSPS) is 19.9. The quantitative estimate of drug-likeness (QED) is 0.456. The van der Waals surface area contributed by atoms with Crippen molar-refractivity contribution in [2.75, 3.05) is 18.4 Å². The fourth-order valence-electron chi connectivity index (χ4n) is 4.70. The summed E-state index contributed by atoms with van der Waals surface area (Å²) in [6.45, 7) is 4.16. The zero-order chi connectivity index (χ0) is 25.6. The van der Waals surface area contributed by atoms with Crippen molar-refractivity contribution in [2.45, 2.75) is 31.0 Å². The minimum atomic E-state index is -3.74. The minimum Gasteiger partial charge on any atom is -0.373 e. The Labute approximate surface area is 208 Å². The van der Waals surface area contributed by atoms with E-state index < -0.39 is 15.9 Å². The molecule has 0 radical (unpaired) electrons. The molecule has 1 amide bonds. The molecule has 0 saturated carbocycles. The van der Waals surface area contributed by atoms with Gasteiger partial charge in [-0.05, 0) is 44.2 Å². The third-order valence-electron chi connectivity index (χ3n) is 6.34. The maximum atomic E-state index is 13.2. The third-order valence-corrected chi connectivity index (χ3v) is 8.19. The summed E-state index contributed by atoms with van der Waals surface area (Å²) in [5.41, 5.74) is 1.43. The van der Waals surface area contributed by atoms with Crippen LogP contribution in [0.1, 0.15) is 56.0 Å². The number of morpholine rings is 1. The second kappa shape index (κ2) is 9.09. The van der Waals surface area contributed by atoms with Crippen LogP contribution in [-0.2, 0) is 14.8 Å². The van der Waals surface area contributed by atoms with E-state index in [1.54, 1.807) is 42.5 Å². The highest BCUT2D eigenvalue weighted by Gasteiger charge is 2.33. The summed E-state index contributed by atoms with van der Waals surface area (Å²) in [4.78, 5) is 39.2. The Morgan fingerprint density at radius 3 is 2.06 bits per heavy atom. The molecule has 2 aliphatic rings. The number of carbonyl (C=O) groups is 3. The van der Waals surface area contributed by atoms with E-state index in [0.29, 0.717) is 5.56 Å². The summed E-state index contributed by atoms with van der Waals surface area (Å²) in [6.07, 6.45) is -0.432. The number of fused-ring (bicyclic) bond motifs is 2. The van der Waals surface area contributed by atoms with E-state index in [2.05, 4.69) is 5.32 Å². The lowest BCUT2D eigenvalue weighted by Gasteiger charge is -2.34. The van der Waals surface area contributed by atoms with Gasteiger partial charge in [-0.15, -0.1) is 0 Å². The first kappa shape index (κ1) is 24.1. The standard InChI is InChI=1S/C27H24N2O6S/c1-16-14-29(15-17(2)35-16)36(33,34)19-12-10-18(11-13-19)27(32)28-23-9-5-8-22-24(23)26(31)21-7-4-3-6-20(21)25(22)30/h3-13,16-17H,14-15H2,1-2H3,(H,28,32)/t16-,17-/m1/s1. The number of anilines is 1. The van der Waals surface area contributed by atoms with Crippen LogP contribution in [-0.4, -0.2) is 55.5 Å². The van der Waals surface area contributed by atoms with Crippen LogP contribution in [0, 0.1) is 0 Å². The van der Waals surface area contributed by atoms with Crippen LogP contribution in [0.25, 0.3) is 0 Å². The number of ketones is 2. The molecule has 1 aliphatic heterocycles. The van der Waals surface area contributed by atoms with Crippen LogP contribution in [0.5, 0.6) is 0 Å². The number of sulfonamides is 1. The number of carbonyl (C=O) groups excluding carboxylic acids is 3. The molecule has 1 N–H and O–H groups in total. The first-order valence-electron chi connectivity index (χ1n) is 11.6. The smallest absolute Gasteiger partial charge is 0.255 e. The molecule has 0 spiro atoms. The van der Waals surface area contributed by atoms with Gasteiger partial charge in [0.2, 0.25) is 10.0 Å². The van der Waals surface area contributed by atoms with Gasteiger partial charge in [-0.1, -0.05) is 36.4 Å². The molecule has 1 fully saturated rings. The second-order valence-electron chi connectivity index (χ2n) is 8.99. The van der Waals surface area contributed by atoms with Gasteiger partial charge in [0.25, 0.3) is 5.91 Å². The fraction of sp³-hybridized carbons (Fsp3) is 0.222. The third kappa shape index (κ3) is 4.15. The summed E-state index contributed by atoms with van der Waals surface area (Å²) in [6, 6.07) is 16.9. The summed E-state index contributed by atoms with van der Waals surface area (Å²) >= 11 is 0. The molecule has 8 nitrogen and oxygen atoms in total. The molecule has 0 bridgehead atoms. The van der Waals surface area contributed by atoms with E-state index in [-0.39, 0.29) is 69.7 Å². The van der Waals surface area contributed by atoms with Gasteiger partial charge in [-0.3, -0.25) is 14.4 Å². The van der Waals surface area contributed by atoms with Crippen LogP contribution in [0.4, 0.5) is 5.69 Å². The molecule has 3 aromatic rings. The fourth-order valence-corrected chi connectivity index (χ4v) is 6.29. The predicted molar refractivity (Wildman–Crippen MR) is 133 cm³/mol. The van der Waals surface area contributed by atoms with Gasteiger partial charge >= 0.3 is 0 Å². The lowest BCUT2D eigenvalue weighted by atomic mass is 9.83. The van der Waals surface area contributed by atoms with E-state index in [1.165, 1.54) is 28.6 Å². The maximum Gasteiger partial charge on any atom is 0.255 e. The minimum absolute atomic E-state index is 0.0785. The van der Waals surface area contributed by atoms with Gasteiger partial charge in [-0.2, -0.15) is 4.31 Å². The van der Waals surface area contributed by atoms with E-state index in [4.69, 9.17) is 4.74 Å². The molecular weight excluding hydrogens is 480 g/mol. The van der Waals surface area contributed by atoms with Crippen molar-refractivity contribution in [2.24, 2.45) is 0 Å². The van der Waals surface area contributed by atoms with E-state index in [1.807, 2.05) is 13.8 Å². The van der Waals surface area contributed by atoms with E-state index in [9.17, 15) is 22.8 Å². The lowest BCUT2D eigenvalue weighted by Crippen LogP contribution is -2.48. The highest BCUT2D eigenvalue weighted by Crippen LogP contribution is 2.32. The van der Waals surface area contributed by atoms with Crippen molar-refractivity contribution in [1.82, 2.24) is 4.31 Å². The monoisotopic (exact) mass is 504 g/mol. The molecule has 1 aliphatic carbocycles. The molecule has 0 aromatic heterocycles. The molecule has 1 heterocycles. The number of nitrogens with zero attached hydrogens (tertiary/aromatic N) is 1. The van der Waals surface area contributed by atoms with Crippen LogP contribution in [0.2, 0.25) is 0 Å². The highest BCUT2D eigenvalue weighted by atomic mass is 32.2. The topological polar surface area (TPSA) is 110 Å². The molecule has 36 heavy (non-hydrogen) atoms. The van der Waals surface area contributed by atoms with Gasteiger partial charge in [0.15, 0.2) is 11.6 Å². The van der Waals surface area contributed by atoms with E-state index in [0.717, 1.165) is 0 Å². The van der Waals surface area contributed by atoms with Crippen molar-refractivity contribution in [3.05, 3.63) is 94.5 Å². The number of hydrogen-bond donors (Lipinski definition) is 1. The van der Waals surface area contributed by atoms with Crippen molar-refractivity contribution in [1.29, 1.82) is 0 Å². The Hall–Kier alpha value is -3.66. The van der Waals surface area contributed by atoms with Crippen LogP contribution < -0.4 is 5.32 Å². The van der Waals surface area contributed by atoms with Gasteiger partial charge in [0, 0.05) is 35.3 Å². The number of hydrogen-bond acceptors (Lipinski definition) is 6. The molecule has 1 saturated heterocycles. The van der Waals surface area contributed by atoms with Crippen LogP contribution >= 0.6 is 0 Å². The molecule has 2 atom stereocenters. The van der Waals surface area contributed by atoms with Crippen molar-refractivity contribution in [3.8, 4) is 0 Å². The Balaban J connectivity index is 1.39. The molecular formula is C27H24N2O6S. The maximum absolute atomic E-state index is 13.2. The number of rotatable bonds is 4. The number of ether oxygens (including phenoxy) is 1. The molecule has 0 unspecified atom stereocenters. The van der Waals surface area contributed by atoms with Gasteiger partial charge in [0.05, 0.1) is 28.4 Å². The highest BCUT2D eigenvalue weighted by molar-refractivity contribution is 7.89. The second-order valence-corrected chi connectivity index (χ2v) is 10.9. The zero-order valence-electron chi connectivity index (χ0n) is 19.7. The summed E-state index contributed by atoms with van der Waals surface area (Å²) in [5.74, 6) is -1.15. The Bertz CT molecular complexity index is 1490. The summed E-state index contributed by atoms with van der Waals surface area (Å²) in [7, 11) is -3.74. The van der Waals surface area contributed by atoms with Crippen molar-refractivity contribution in [3.63, 3.8) is 0 Å². The first-order chi connectivity index (χ1) is 17.2. The Morgan fingerprint density at radius 1 is 0.833 bits per heavy atom. The average molecular weight is 505 g/mol. The average Bonchev–Trinajstić information content (AvgIpc) is 2.86. The Morgan fingerprint density at radius 2 is 1.42 bits per heavy atom. The van der Waals surface area contributed by atoms with Gasteiger partial charge in [0.1, 0.15) is 0 Å². The molecule has 3 aromatic carbocycles. The van der Waals surface area contributed by atoms with Gasteiger partial charge in [-0.25, -0.2) is 8.42 Å². The number of amides is 1. The first-order valence-corrected chi connectivity index (χ1v) is 13.0. The summed E-state index contributed by atoms with van der Waals surface area (Å²) in [5, 5.41) is 2.71. The number of nitrogens with one attached hydrogen (secondary N) is 1. The van der Waals surface area contributed by atoms with Crippen molar-refractivity contribution < 1.29 is 27.5 Å². The summed E-state index contributed by atoms with van der Waals surface area (Å²) < 4.78 is 33.2. The SMILES string of the molecule is C[C@@H]1CN(S(=O)(=O)c2ccc(C(=O)Nc3cccc4c3C(=O)c3ccccc3C4=O)cc2)C[C@@H](C)O1. The molecule has 9 heteroatoms. The number of benzene rings is 3. The largest absolute Gasteiger partial charge is 0.373 e. The van der Waals surface area contributed by atoms with Crippen molar-refractivity contribution >= 4 is 33.2 Å². The van der Waals surface area contributed by atoms with Crippen LogP contribution in [0.3, 0.4) is 0 Å². The van der Waals surface area contributed by atoms with Gasteiger partial charge < -0.3 is 10.1 Å². The lowest BCUT2D eigenvalue weighted by molar-refractivity contribution is -0.0440.